The lowest BCUT2D eigenvalue weighted by Gasteiger charge is -2.00. The summed E-state index contributed by atoms with van der Waals surface area (Å²) in [5, 5.41) is 0. The van der Waals surface area contributed by atoms with E-state index in [1.165, 1.54) is 0 Å². The lowest BCUT2D eigenvalue weighted by molar-refractivity contribution is 0.0932. The average Bonchev–Trinajstić information content (AvgIpc) is 2.07. The van der Waals surface area contributed by atoms with Gasteiger partial charge in [-0.25, -0.2) is 4.98 Å². The summed E-state index contributed by atoms with van der Waals surface area (Å²) < 4.78 is 1.62. The van der Waals surface area contributed by atoms with Crippen molar-refractivity contribution in [1.82, 2.24) is 9.55 Å². The Bertz CT molecular complexity index is 299. The number of hydrogen-bond donors (Lipinski definition) is 0. The van der Waals surface area contributed by atoms with Crippen LogP contribution in [0, 0.1) is 20.8 Å². The van der Waals surface area contributed by atoms with Crippen LogP contribution in [0.25, 0.3) is 0 Å². The molecule has 1 aromatic heterocycles. The highest BCUT2D eigenvalue weighted by atomic mass is 16.1. The average molecular weight is 152 g/mol. The van der Waals surface area contributed by atoms with E-state index in [4.69, 9.17) is 0 Å². The van der Waals surface area contributed by atoms with Crippen molar-refractivity contribution in [2.75, 3.05) is 0 Å². The van der Waals surface area contributed by atoms with Crippen molar-refractivity contribution in [3.05, 3.63) is 17.2 Å². The van der Waals surface area contributed by atoms with Crippen molar-refractivity contribution >= 4 is 5.91 Å². The van der Waals surface area contributed by atoms with E-state index in [9.17, 15) is 4.79 Å². The van der Waals surface area contributed by atoms with Gasteiger partial charge in [-0.1, -0.05) is 0 Å². The number of imidazole rings is 1. The quantitative estimate of drug-likeness (QED) is 0.564. The molecular weight excluding hydrogens is 140 g/mol. The molecule has 0 aliphatic heterocycles. The standard InChI is InChI=1S/C8H12N2O/c1-5-6(2)10(8(4)11)7(3)9-5/h1-4H3. The normalized spacial score (nSPS) is 10.2. The fourth-order valence-corrected chi connectivity index (χ4v) is 1.24. The summed E-state index contributed by atoms with van der Waals surface area (Å²) in [6, 6.07) is 0. The fourth-order valence-electron chi connectivity index (χ4n) is 1.24. The van der Waals surface area contributed by atoms with Gasteiger partial charge in [0.25, 0.3) is 0 Å². The van der Waals surface area contributed by atoms with Gasteiger partial charge in [0.15, 0.2) is 0 Å². The lowest BCUT2D eigenvalue weighted by atomic mass is 10.4. The first-order valence-electron chi connectivity index (χ1n) is 3.57. The zero-order chi connectivity index (χ0) is 8.59. The number of aryl methyl sites for hydroxylation is 2. The molecule has 0 radical (unpaired) electrons. The predicted octanol–water partition coefficient (Wildman–Crippen LogP) is 1.47. The molecule has 0 aliphatic carbocycles. The van der Waals surface area contributed by atoms with Crippen LogP contribution in [-0.4, -0.2) is 15.5 Å². The van der Waals surface area contributed by atoms with Gasteiger partial charge >= 0.3 is 0 Å². The first-order chi connectivity index (χ1) is 5.04. The molecule has 3 nitrogen and oxygen atoms in total. The zero-order valence-corrected chi connectivity index (χ0v) is 7.30. The molecule has 0 aliphatic rings. The Kier molecular flexibility index (Phi) is 1.81. The van der Waals surface area contributed by atoms with E-state index < -0.39 is 0 Å². The first-order valence-corrected chi connectivity index (χ1v) is 3.57. The summed E-state index contributed by atoms with van der Waals surface area (Å²) in [5.41, 5.74) is 1.87. The molecule has 0 spiro atoms. The monoisotopic (exact) mass is 152 g/mol. The molecule has 0 aromatic carbocycles. The highest BCUT2D eigenvalue weighted by molar-refractivity contribution is 5.77. The first kappa shape index (κ1) is 7.98. The van der Waals surface area contributed by atoms with Crippen molar-refractivity contribution < 1.29 is 4.79 Å². The topological polar surface area (TPSA) is 34.9 Å². The van der Waals surface area contributed by atoms with E-state index in [-0.39, 0.29) is 5.91 Å². The van der Waals surface area contributed by atoms with Crippen molar-refractivity contribution in [1.29, 1.82) is 0 Å². The largest absolute Gasteiger partial charge is 0.274 e. The Morgan fingerprint density at radius 2 is 1.91 bits per heavy atom. The minimum atomic E-state index is 0.0283. The van der Waals surface area contributed by atoms with Crippen LogP contribution in [0.5, 0.6) is 0 Å². The molecule has 1 aromatic rings. The van der Waals surface area contributed by atoms with E-state index in [1.807, 2.05) is 20.8 Å². The van der Waals surface area contributed by atoms with Gasteiger partial charge in [-0.15, -0.1) is 0 Å². The van der Waals surface area contributed by atoms with Gasteiger partial charge in [0, 0.05) is 12.6 Å². The Hall–Kier alpha value is -1.12. The summed E-state index contributed by atoms with van der Waals surface area (Å²) in [7, 11) is 0. The number of carbonyl (C=O) groups excluding carboxylic acids is 1. The van der Waals surface area contributed by atoms with Crippen molar-refractivity contribution in [2.24, 2.45) is 0 Å². The number of hydrogen-bond acceptors (Lipinski definition) is 2. The predicted molar refractivity (Wildman–Crippen MR) is 42.7 cm³/mol. The third-order valence-electron chi connectivity index (χ3n) is 1.83. The smallest absolute Gasteiger partial charge is 0.229 e. The number of carbonyl (C=O) groups is 1. The van der Waals surface area contributed by atoms with Crippen LogP contribution in [0.2, 0.25) is 0 Å². The minimum absolute atomic E-state index is 0.0283. The van der Waals surface area contributed by atoms with Crippen molar-refractivity contribution in [3.8, 4) is 0 Å². The van der Waals surface area contributed by atoms with E-state index in [2.05, 4.69) is 4.98 Å². The Labute approximate surface area is 66.1 Å². The van der Waals surface area contributed by atoms with Crippen LogP contribution in [0.15, 0.2) is 0 Å². The molecule has 3 heteroatoms. The van der Waals surface area contributed by atoms with Crippen LogP contribution in [0.4, 0.5) is 0 Å². The Balaban J connectivity index is 3.34. The van der Waals surface area contributed by atoms with Gasteiger partial charge in [-0.05, 0) is 20.8 Å². The van der Waals surface area contributed by atoms with Gasteiger partial charge in [0.2, 0.25) is 5.91 Å². The highest BCUT2D eigenvalue weighted by Crippen LogP contribution is 2.08. The summed E-state index contributed by atoms with van der Waals surface area (Å²) in [6.07, 6.45) is 0. The number of rotatable bonds is 0. The lowest BCUT2D eigenvalue weighted by Crippen LogP contribution is -2.09. The van der Waals surface area contributed by atoms with E-state index >= 15 is 0 Å². The molecule has 11 heavy (non-hydrogen) atoms. The molecule has 0 saturated heterocycles. The maximum absolute atomic E-state index is 11.0. The molecular formula is C8H12N2O. The minimum Gasteiger partial charge on any atom is -0.274 e. The molecule has 0 amide bonds. The maximum Gasteiger partial charge on any atom is 0.229 e. The molecule has 60 valence electrons. The van der Waals surface area contributed by atoms with Crippen LogP contribution >= 0.6 is 0 Å². The van der Waals surface area contributed by atoms with Gasteiger partial charge in [0.05, 0.1) is 5.69 Å². The zero-order valence-electron chi connectivity index (χ0n) is 7.30. The summed E-state index contributed by atoms with van der Waals surface area (Å²) in [4.78, 5) is 15.2. The van der Waals surface area contributed by atoms with Gasteiger partial charge in [-0.2, -0.15) is 0 Å². The van der Waals surface area contributed by atoms with E-state index in [1.54, 1.807) is 11.5 Å². The highest BCUT2D eigenvalue weighted by Gasteiger charge is 2.09. The number of nitrogens with zero attached hydrogens (tertiary/aromatic N) is 2. The molecule has 0 bridgehead atoms. The number of aromatic nitrogens is 2. The molecule has 0 N–H and O–H groups in total. The van der Waals surface area contributed by atoms with E-state index in [0.717, 1.165) is 17.2 Å². The second-order valence-electron chi connectivity index (χ2n) is 2.68. The molecule has 0 saturated carbocycles. The maximum atomic E-state index is 11.0. The van der Waals surface area contributed by atoms with Crippen LogP contribution < -0.4 is 0 Å². The molecule has 0 atom stereocenters. The summed E-state index contributed by atoms with van der Waals surface area (Å²) >= 11 is 0. The van der Waals surface area contributed by atoms with Gasteiger partial charge in [-0.3, -0.25) is 9.36 Å². The molecule has 0 unspecified atom stereocenters. The van der Waals surface area contributed by atoms with Crippen LogP contribution in [0.1, 0.15) is 28.9 Å². The van der Waals surface area contributed by atoms with Crippen molar-refractivity contribution in [3.63, 3.8) is 0 Å². The summed E-state index contributed by atoms with van der Waals surface area (Å²) in [6.45, 7) is 7.18. The van der Waals surface area contributed by atoms with Crippen LogP contribution in [0.3, 0.4) is 0 Å². The fraction of sp³-hybridized carbons (Fsp3) is 0.500. The second kappa shape index (κ2) is 2.49. The van der Waals surface area contributed by atoms with Crippen LogP contribution in [-0.2, 0) is 0 Å². The van der Waals surface area contributed by atoms with Gasteiger partial charge in [0.1, 0.15) is 5.82 Å². The SMILES string of the molecule is CC(=O)n1c(C)nc(C)c1C. The Morgan fingerprint density at radius 3 is 2.09 bits per heavy atom. The molecule has 1 rings (SSSR count). The molecule has 0 fully saturated rings. The molecule has 1 heterocycles. The van der Waals surface area contributed by atoms with E-state index in [0.29, 0.717) is 0 Å². The third kappa shape index (κ3) is 1.18. The van der Waals surface area contributed by atoms with Crippen molar-refractivity contribution in [2.45, 2.75) is 27.7 Å². The summed E-state index contributed by atoms with van der Waals surface area (Å²) in [5.74, 6) is 0.799. The second-order valence-corrected chi connectivity index (χ2v) is 2.68. The Morgan fingerprint density at radius 1 is 1.36 bits per heavy atom. The third-order valence-corrected chi connectivity index (χ3v) is 1.83. The van der Waals surface area contributed by atoms with Gasteiger partial charge < -0.3 is 0 Å².